The summed E-state index contributed by atoms with van der Waals surface area (Å²) in [5.41, 5.74) is 0.194. The van der Waals surface area contributed by atoms with Crippen LogP contribution in [0.2, 0.25) is 0 Å². The molecule has 0 heterocycles. The first-order valence-electron chi connectivity index (χ1n) is 8.81. The van der Waals surface area contributed by atoms with E-state index in [1.165, 1.54) is 12.1 Å². The zero-order valence-electron chi connectivity index (χ0n) is 14.8. The Morgan fingerprint density at radius 1 is 1.26 bits per heavy atom. The van der Waals surface area contributed by atoms with Crippen molar-refractivity contribution >= 4 is 6.29 Å². The molecule has 1 aromatic rings. The molecule has 0 amide bonds. The predicted molar refractivity (Wildman–Crippen MR) is 86.9 cm³/mol. The summed E-state index contributed by atoms with van der Waals surface area (Å²) in [7, 11) is 0. The summed E-state index contributed by atoms with van der Waals surface area (Å²) in [6, 6.07) is 4.67. The lowest BCUT2D eigenvalue weighted by Crippen LogP contribution is -2.45. The molecule has 0 aromatic heterocycles. The van der Waals surface area contributed by atoms with E-state index < -0.39 is 36.3 Å². The van der Waals surface area contributed by atoms with E-state index >= 15 is 0 Å². The van der Waals surface area contributed by atoms with Gasteiger partial charge in [0.05, 0.1) is 11.5 Å². The van der Waals surface area contributed by atoms with Crippen molar-refractivity contribution in [2.45, 2.75) is 63.3 Å². The van der Waals surface area contributed by atoms with E-state index in [2.05, 4.69) is 4.74 Å². The highest BCUT2D eigenvalue weighted by Crippen LogP contribution is 2.58. The molecule has 3 nitrogen and oxygen atoms in total. The normalized spacial score (nSPS) is 30.6. The fourth-order valence-corrected chi connectivity index (χ4v) is 4.59. The van der Waals surface area contributed by atoms with E-state index in [0.717, 1.165) is 11.8 Å². The van der Waals surface area contributed by atoms with Gasteiger partial charge in [-0.15, -0.1) is 0 Å². The molecule has 2 aliphatic carbocycles. The molecule has 1 unspecified atom stereocenters. The van der Waals surface area contributed by atoms with E-state index in [9.17, 15) is 26.7 Å². The molecular formula is C19H21F5O3. The molecule has 27 heavy (non-hydrogen) atoms. The van der Waals surface area contributed by atoms with Gasteiger partial charge in [-0.05, 0) is 67.7 Å². The number of carbonyl (C=O) groups is 1. The van der Waals surface area contributed by atoms with Crippen LogP contribution in [0.1, 0.15) is 43.7 Å². The lowest BCUT2D eigenvalue weighted by atomic mass is 9.58. The molecule has 1 spiro atoms. The van der Waals surface area contributed by atoms with Crippen molar-refractivity contribution in [1.82, 2.24) is 0 Å². The van der Waals surface area contributed by atoms with Crippen LogP contribution in [0.5, 0.6) is 5.75 Å². The Labute approximate surface area is 153 Å². The second-order valence-electron chi connectivity index (χ2n) is 7.60. The summed E-state index contributed by atoms with van der Waals surface area (Å²) in [6.45, 7) is -2.45. The molecule has 1 fully saturated rings. The number of halogens is 5. The molecule has 0 saturated heterocycles. The topological polar surface area (TPSA) is 35.5 Å². The van der Waals surface area contributed by atoms with Gasteiger partial charge in [-0.1, -0.05) is 6.07 Å². The van der Waals surface area contributed by atoms with Gasteiger partial charge in [-0.25, -0.2) is 0 Å². The minimum Gasteiger partial charge on any atom is -0.484 e. The van der Waals surface area contributed by atoms with Gasteiger partial charge < -0.3 is 14.3 Å². The minimum atomic E-state index is -4.45. The zero-order valence-corrected chi connectivity index (χ0v) is 14.8. The molecule has 0 N–H and O–H groups in total. The quantitative estimate of drug-likeness (QED) is 0.533. The molecule has 1 aromatic carbocycles. The first kappa shape index (κ1) is 20.0. The van der Waals surface area contributed by atoms with Crippen LogP contribution >= 0.6 is 0 Å². The minimum absolute atomic E-state index is 0.0610. The maximum atomic E-state index is 12.4. The molecule has 2 aliphatic rings. The van der Waals surface area contributed by atoms with Gasteiger partial charge >= 0.3 is 12.8 Å². The van der Waals surface area contributed by atoms with Gasteiger partial charge in [0.2, 0.25) is 0 Å². The molecule has 3 rings (SSSR count). The van der Waals surface area contributed by atoms with Crippen LogP contribution in [0, 0.1) is 5.41 Å². The number of rotatable bonds is 5. The first-order chi connectivity index (χ1) is 12.6. The van der Waals surface area contributed by atoms with Crippen molar-refractivity contribution in [2.24, 2.45) is 5.41 Å². The second-order valence-corrected chi connectivity index (χ2v) is 7.60. The van der Waals surface area contributed by atoms with Gasteiger partial charge in [-0.3, -0.25) is 0 Å². The van der Waals surface area contributed by atoms with Crippen LogP contribution in [-0.2, 0) is 21.4 Å². The zero-order chi connectivity index (χ0) is 19.9. The predicted octanol–water partition coefficient (Wildman–Crippen LogP) is 4.81. The number of ether oxygens (including phenoxy) is 2. The molecule has 8 heteroatoms. The summed E-state index contributed by atoms with van der Waals surface area (Å²) < 4.78 is 71.5. The van der Waals surface area contributed by atoms with Gasteiger partial charge in [0, 0.05) is 0 Å². The Bertz CT molecular complexity index is 695. The summed E-state index contributed by atoms with van der Waals surface area (Å²) in [5, 5.41) is 0. The number of benzene rings is 1. The third kappa shape index (κ3) is 3.81. The second kappa shape index (κ2) is 7.04. The Hall–Kier alpha value is -1.70. The Balaban J connectivity index is 1.82. The Morgan fingerprint density at radius 2 is 1.93 bits per heavy atom. The average Bonchev–Trinajstić information content (AvgIpc) is 2.83. The summed E-state index contributed by atoms with van der Waals surface area (Å²) in [5.74, 6) is 0.0610. The number of fused-ring (bicyclic) bond motifs is 1. The molecule has 0 bridgehead atoms. The van der Waals surface area contributed by atoms with Crippen LogP contribution in [0.3, 0.4) is 0 Å². The highest BCUT2D eigenvalue weighted by atomic mass is 19.4. The molecular weight excluding hydrogens is 371 g/mol. The maximum absolute atomic E-state index is 12.4. The number of hydrogen-bond donors (Lipinski definition) is 0. The Morgan fingerprint density at radius 3 is 2.48 bits per heavy atom. The molecule has 0 radical (unpaired) electrons. The number of aldehydes is 1. The van der Waals surface area contributed by atoms with E-state index in [1.807, 2.05) is 0 Å². The fraction of sp³-hybridized carbons (Fsp3) is 0.632. The highest BCUT2D eigenvalue weighted by Gasteiger charge is 2.56. The van der Waals surface area contributed by atoms with Gasteiger partial charge in [0.1, 0.15) is 12.0 Å². The monoisotopic (exact) mass is 392 g/mol. The maximum Gasteiger partial charge on any atom is 0.422 e. The van der Waals surface area contributed by atoms with E-state index in [4.69, 9.17) is 4.74 Å². The fourth-order valence-electron chi connectivity index (χ4n) is 4.59. The average molecular weight is 392 g/mol. The Kier molecular flexibility index (Phi) is 5.22. The lowest BCUT2D eigenvalue weighted by Gasteiger charge is -2.45. The van der Waals surface area contributed by atoms with Crippen molar-refractivity contribution in [2.75, 3.05) is 6.61 Å². The van der Waals surface area contributed by atoms with Crippen molar-refractivity contribution < 1.29 is 36.2 Å². The summed E-state index contributed by atoms with van der Waals surface area (Å²) >= 11 is 0. The molecule has 0 aliphatic heterocycles. The van der Waals surface area contributed by atoms with Crippen LogP contribution < -0.4 is 4.74 Å². The van der Waals surface area contributed by atoms with Crippen LogP contribution in [0.15, 0.2) is 18.2 Å². The number of alkyl halides is 5. The van der Waals surface area contributed by atoms with E-state index in [-0.39, 0.29) is 5.75 Å². The van der Waals surface area contributed by atoms with Crippen LogP contribution in [0.25, 0.3) is 0 Å². The SMILES string of the molecule is CC1(C=O)c2cc(OCC(F)(F)F)ccc2CC12CCC(OC(F)F)CC2. The smallest absolute Gasteiger partial charge is 0.422 e. The van der Waals surface area contributed by atoms with Gasteiger partial charge in [-0.2, -0.15) is 22.0 Å². The molecule has 150 valence electrons. The third-order valence-corrected chi connectivity index (χ3v) is 6.09. The van der Waals surface area contributed by atoms with Crippen LogP contribution in [-0.4, -0.2) is 31.8 Å². The standard InChI is InChI=1S/C19H21F5O3/c1-17(10-25)15-8-14(26-11-19(22,23)24)3-2-12(15)9-18(17)6-4-13(5-7-18)27-16(20)21/h2-3,8,10,13,16H,4-7,9,11H2,1H3. The lowest BCUT2D eigenvalue weighted by molar-refractivity contribution is -0.177. The largest absolute Gasteiger partial charge is 0.484 e. The van der Waals surface area contributed by atoms with Crippen molar-refractivity contribution in [3.05, 3.63) is 29.3 Å². The summed E-state index contributed by atoms with van der Waals surface area (Å²) in [4.78, 5) is 12.1. The molecule has 1 saturated carbocycles. The third-order valence-electron chi connectivity index (χ3n) is 6.09. The van der Waals surface area contributed by atoms with Crippen LogP contribution in [0.4, 0.5) is 22.0 Å². The van der Waals surface area contributed by atoms with E-state index in [1.54, 1.807) is 13.0 Å². The van der Waals surface area contributed by atoms with Crippen molar-refractivity contribution in [1.29, 1.82) is 0 Å². The molecule has 1 atom stereocenters. The number of hydrogen-bond acceptors (Lipinski definition) is 3. The van der Waals surface area contributed by atoms with E-state index in [0.29, 0.717) is 37.7 Å². The van der Waals surface area contributed by atoms with Crippen molar-refractivity contribution in [3.8, 4) is 5.75 Å². The van der Waals surface area contributed by atoms with Gasteiger partial charge in [0.25, 0.3) is 0 Å². The summed E-state index contributed by atoms with van der Waals surface area (Å²) in [6.07, 6.45) is -1.67. The highest BCUT2D eigenvalue weighted by molar-refractivity contribution is 5.74. The van der Waals surface area contributed by atoms with Crippen molar-refractivity contribution in [3.63, 3.8) is 0 Å². The number of carbonyl (C=O) groups excluding carboxylic acids is 1. The first-order valence-corrected chi connectivity index (χ1v) is 8.81. The van der Waals surface area contributed by atoms with Gasteiger partial charge in [0.15, 0.2) is 6.61 Å².